The Balaban J connectivity index is 1.83. The lowest BCUT2D eigenvalue weighted by atomic mass is 10.1. The van der Waals surface area contributed by atoms with Gasteiger partial charge in [0.2, 0.25) is 0 Å². The van der Waals surface area contributed by atoms with E-state index in [0.29, 0.717) is 17.1 Å². The first kappa shape index (κ1) is 12.8. The molecular formula is C15H11ClFN3. The fraction of sp³-hybridized carbons (Fsp3) is 0.0667. The molecule has 1 N–H and O–H groups in total. The number of hydrogen-bond acceptors (Lipinski definition) is 3. The molecule has 3 aromatic rings. The molecule has 0 atom stereocenters. The van der Waals surface area contributed by atoms with Crippen LogP contribution < -0.4 is 5.32 Å². The SMILES string of the molecule is Fc1cccc2cc(CNc3ccncc3Cl)cnc12. The van der Waals surface area contributed by atoms with E-state index in [0.717, 1.165) is 16.6 Å². The molecule has 1 aromatic carbocycles. The van der Waals surface area contributed by atoms with Gasteiger partial charge in [-0.1, -0.05) is 23.7 Å². The van der Waals surface area contributed by atoms with Crippen LogP contribution in [-0.2, 0) is 6.54 Å². The van der Waals surface area contributed by atoms with E-state index in [1.807, 2.05) is 12.1 Å². The highest BCUT2D eigenvalue weighted by atomic mass is 35.5. The highest BCUT2D eigenvalue weighted by molar-refractivity contribution is 6.33. The largest absolute Gasteiger partial charge is 0.380 e. The zero-order valence-corrected chi connectivity index (χ0v) is 11.2. The standard InChI is InChI=1S/C15H11ClFN3/c16-12-9-18-5-4-14(12)19-7-10-6-11-2-1-3-13(17)15(11)20-8-10/h1-6,8-9H,7H2,(H,18,19). The first-order chi connectivity index (χ1) is 9.74. The number of nitrogens with one attached hydrogen (secondary N) is 1. The third-order valence-electron chi connectivity index (χ3n) is 2.97. The Morgan fingerprint density at radius 1 is 1.20 bits per heavy atom. The Bertz CT molecular complexity index is 761. The van der Waals surface area contributed by atoms with Crippen molar-refractivity contribution in [2.45, 2.75) is 6.54 Å². The maximum atomic E-state index is 13.5. The van der Waals surface area contributed by atoms with E-state index in [9.17, 15) is 4.39 Å². The number of fused-ring (bicyclic) bond motifs is 1. The Morgan fingerprint density at radius 2 is 2.10 bits per heavy atom. The number of anilines is 1. The van der Waals surface area contributed by atoms with Crippen molar-refractivity contribution in [2.75, 3.05) is 5.32 Å². The molecular weight excluding hydrogens is 277 g/mol. The molecule has 2 heterocycles. The van der Waals surface area contributed by atoms with Crippen LogP contribution in [0.3, 0.4) is 0 Å². The Morgan fingerprint density at radius 3 is 2.95 bits per heavy atom. The maximum Gasteiger partial charge on any atom is 0.149 e. The van der Waals surface area contributed by atoms with Crippen molar-refractivity contribution in [1.82, 2.24) is 9.97 Å². The molecule has 0 aliphatic carbocycles. The Hall–Kier alpha value is -2.20. The molecule has 0 saturated heterocycles. The Labute approximate surface area is 120 Å². The van der Waals surface area contributed by atoms with Gasteiger partial charge in [-0.05, 0) is 23.8 Å². The minimum absolute atomic E-state index is 0.306. The van der Waals surface area contributed by atoms with Crippen LogP contribution in [0.2, 0.25) is 5.02 Å². The van der Waals surface area contributed by atoms with Crippen molar-refractivity contribution < 1.29 is 4.39 Å². The van der Waals surface area contributed by atoms with Crippen molar-refractivity contribution in [2.24, 2.45) is 0 Å². The molecule has 3 rings (SSSR count). The molecule has 0 spiro atoms. The monoisotopic (exact) mass is 287 g/mol. The van der Waals surface area contributed by atoms with E-state index in [2.05, 4.69) is 15.3 Å². The molecule has 0 saturated carbocycles. The number of pyridine rings is 2. The van der Waals surface area contributed by atoms with Gasteiger partial charge in [0.15, 0.2) is 0 Å². The van der Waals surface area contributed by atoms with E-state index in [1.165, 1.54) is 6.07 Å². The summed E-state index contributed by atoms with van der Waals surface area (Å²) in [4.78, 5) is 8.08. The fourth-order valence-corrected chi connectivity index (χ4v) is 2.17. The lowest BCUT2D eigenvalue weighted by Gasteiger charge is -2.08. The predicted molar refractivity (Wildman–Crippen MR) is 78.3 cm³/mol. The summed E-state index contributed by atoms with van der Waals surface area (Å²) in [5.74, 6) is -0.306. The topological polar surface area (TPSA) is 37.8 Å². The normalized spacial score (nSPS) is 10.7. The zero-order chi connectivity index (χ0) is 13.9. The summed E-state index contributed by atoms with van der Waals surface area (Å²) in [6.45, 7) is 0.559. The molecule has 0 bridgehead atoms. The number of halogens is 2. The van der Waals surface area contributed by atoms with E-state index in [4.69, 9.17) is 11.6 Å². The second-order valence-electron chi connectivity index (χ2n) is 4.36. The van der Waals surface area contributed by atoms with Gasteiger partial charge in [-0.2, -0.15) is 0 Å². The molecule has 0 radical (unpaired) electrons. The number of para-hydroxylation sites is 1. The molecule has 0 aliphatic heterocycles. The smallest absolute Gasteiger partial charge is 0.149 e. The van der Waals surface area contributed by atoms with Gasteiger partial charge in [0.25, 0.3) is 0 Å². The molecule has 5 heteroatoms. The fourth-order valence-electron chi connectivity index (χ4n) is 1.98. The maximum absolute atomic E-state index is 13.5. The first-order valence-corrected chi connectivity index (χ1v) is 6.48. The summed E-state index contributed by atoms with van der Waals surface area (Å²) in [5, 5.41) is 4.55. The molecule has 20 heavy (non-hydrogen) atoms. The summed E-state index contributed by atoms with van der Waals surface area (Å²) < 4.78 is 13.5. The number of hydrogen-bond donors (Lipinski definition) is 1. The quantitative estimate of drug-likeness (QED) is 0.790. The summed E-state index contributed by atoms with van der Waals surface area (Å²) in [6, 6.07) is 8.64. The van der Waals surface area contributed by atoms with Crippen LogP contribution in [0.4, 0.5) is 10.1 Å². The van der Waals surface area contributed by atoms with Crippen LogP contribution in [0.5, 0.6) is 0 Å². The summed E-state index contributed by atoms with van der Waals surface area (Å²) in [5.41, 5.74) is 2.15. The summed E-state index contributed by atoms with van der Waals surface area (Å²) in [6.07, 6.45) is 4.91. The van der Waals surface area contributed by atoms with Gasteiger partial charge in [0, 0.05) is 30.5 Å². The van der Waals surface area contributed by atoms with E-state index in [1.54, 1.807) is 30.7 Å². The third kappa shape index (κ3) is 2.56. The lowest BCUT2D eigenvalue weighted by Crippen LogP contribution is -2.01. The molecule has 100 valence electrons. The Kier molecular flexibility index (Phi) is 3.48. The van der Waals surface area contributed by atoms with Gasteiger partial charge in [0.05, 0.1) is 10.7 Å². The minimum Gasteiger partial charge on any atom is -0.380 e. The van der Waals surface area contributed by atoms with Crippen LogP contribution in [0, 0.1) is 5.82 Å². The van der Waals surface area contributed by atoms with Crippen molar-refractivity contribution in [3.8, 4) is 0 Å². The molecule has 0 aliphatic rings. The van der Waals surface area contributed by atoms with Gasteiger partial charge in [-0.3, -0.25) is 9.97 Å². The highest BCUT2D eigenvalue weighted by Gasteiger charge is 2.04. The van der Waals surface area contributed by atoms with E-state index < -0.39 is 0 Å². The van der Waals surface area contributed by atoms with Crippen molar-refractivity contribution in [1.29, 1.82) is 0 Å². The van der Waals surface area contributed by atoms with Crippen LogP contribution in [0.1, 0.15) is 5.56 Å². The van der Waals surface area contributed by atoms with Gasteiger partial charge in [0.1, 0.15) is 11.3 Å². The minimum atomic E-state index is -0.306. The highest BCUT2D eigenvalue weighted by Crippen LogP contribution is 2.21. The number of rotatable bonds is 3. The second-order valence-corrected chi connectivity index (χ2v) is 4.77. The van der Waals surface area contributed by atoms with Crippen molar-refractivity contribution >= 4 is 28.2 Å². The average molecular weight is 288 g/mol. The van der Waals surface area contributed by atoms with Crippen LogP contribution >= 0.6 is 11.6 Å². The third-order valence-corrected chi connectivity index (χ3v) is 3.27. The molecule has 2 aromatic heterocycles. The van der Waals surface area contributed by atoms with E-state index in [-0.39, 0.29) is 5.82 Å². The van der Waals surface area contributed by atoms with Crippen LogP contribution in [0.25, 0.3) is 10.9 Å². The molecule has 3 nitrogen and oxygen atoms in total. The number of aromatic nitrogens is 2. The van der Waals surface area contributed by atoms with Gasteiger partial charge in [-0.25, -0.2) is 4.39 Å². The molecule has 0 amide bonds. The van der Waals surface area contributed by atoms with Gasteiger partial charge in [-0.15, -0.1) is 0 Å². The second kappa shape index (κ2) is 5.43. The van der Waals surface area contributed by atoms with Crippen LogP contribution in [0.15, 0.2) is 48.9 Å². The molecule has 0 fully saturated rings. The van der Waals surface area contributed by atoms with Gasteiger partial charge < -0.3 is 5.32 Å². The predicted octanol–water partition coefficient (Wildman–Crippen LogP) is 4.03. The first-order valence-electron chi connectivity index (χ1n) is 6.10. The lowest BCUT2D eigenvalue weighted by molar-refractivity contribution is 0.637. The summed E-state index contributed by atoms with van der Waals surface area (Å²) >= 11 is 6.02. The van der Waals surface area contributed by atoms with Gasteiger partial charge >= 0.3 is 0 Å². The zero-order valence-electron chi connectivity index (χ0n) is 10.5. The number of benzene rings is 1. The average Bonchev–Trinajstić information content (AvgIpc) is 2.46. The molecule has 0 unspecified atom stereocenters. The van der Waals surface area contributed by atoms with E-state index >= 15 is 0 Å². The van der Waals surface area contributed by atoms with Crippen LogP contribution in [-0.4, -0.2) is 9.97 Å². The summed E-state index contributed by atoms with van der Waals surface area (Å²) in [7, 11) is 0. The number of nitrogens with zero attached hydrogens (tertiary/aromatic N) is 2. The van der Waals surface area contributed by atoms with Crippen molar-refractivity contribution in [3.05, 3.63) is 65.3 Å². The van der Waals surface area contributed by atoms with Crippen molar-refractivity contribution in [3.63, 3.8) is 0 Å².